The number of rotatable bonds is 7. The molecule has 19 nitrogen and oxygen atoms in total. The molecule has 42 heavy (non-hydrogen) atoms. The fourth-order valence-electron chi connectivity index (χ4n) is 5.51. The first kappa shape index (κ1) is 27.5. The molecule has 4 aromatic rings. The lowest BCUT2D eigenvalue weighted by Gasteiger charge is -2.33. The minimum atomic E-state index is -4.34. The maximum atomic E-state index is 15.6. The lowest BCUT2D eigenvalue weighted by molar-refractivity contribution is -0.182. The summed E-state index contributed by atoms with van der Waals surface area (Å²) in [6.07, 6.45) is -5.41. The number of aromatic amines is 1. The highest BCUT2D eigenvalue weighted by atomic mass is 32.7. The molecule has 4 aromatic heterocycles. The maximum Gasteiger partial charge on any atom is 0.282 e. The number of alkyl halides is 1. The van der Waals surface area contributed by atoms with E-state index in [2.05, 4.69) is 47.5 Å². The van der Waals surface area contributed by atoms with E-state index in [1.165, 1.54) is 17.2 Å². The molecule has 1 unspecified atom stereocenters. The Morgan fingerprint density at radius 3 is 2.86 bits per heavy atom. The van der Waals surface area contributed by atoms with Crippen LogP contribution in [0.2, 0.25) is 0 Å². The average molecular weight is 628 g/mol. The number of nitrogens with zero attached hydrogens (tertiary/aromatic N) is 8. The van der Waals surface area contributed by atoms with E-state index >= 15 is 4.39 Å². The number of hydrogen-bond donors (Lipinski definition) is 6. The van der Waals surface area contributed by atoms with Crippen molar-refractivity contribution in [1.29, 1.82) is 0 Å². The number of anilines is 2. The third-order valence-corrected chi connectivity index (χ3v) is 10.5. The number of halogens is 1. The zero-order valence-electron chi connectivity index (χ0n) is 21.2. The van der Waals surface area contributed by atoms with E-state index < -0.39 is 73.5 Å². The van der Waals surface area contributed by atoms with Crippen molar-refractivity contribution >= 4 is 52.9 Å². The van der Waals surface area contributed by atoms with Gasteiger partial charge in [0.25, 0.3) is 12.1 Å². The molecule has 0 aliphatic carbocycles. The Bertz CT molecular complexity index is 1810. The molecule has 9 atom stereocenters. The molecule has 0 radical (unpaired) electrons. The number of aliphatic hydroxyl groups excluding tert-OH is 2. The van der Waals surface area contributed by atoms with Crippen molar-refractivity contribution in [1.82, 2.24) is 44.5 Å². The van der Waals surface area contributed by atoms with Crippen LogP contribution in [0.5, 0.6) is 0 Å². The van der Waals surface area contributed by atoms with Crippen LogP contribution in [0.1, 0.15) is 12.5 Å². The SMILES string of the molecule is Nc1nc2c(nnn2[C@@H]2O[C@H](CO)[C@H](F)[C@H]2P(=O)(S)OC[C@@]23CO[C@@H]([C@H](n4cnc5c(N)ncnc54)O2)[C@@H]3O)c(=O)[nH]1. The molecule has 2 bridgehead atoms. The maximum absolute atomic E-state index is 15.6. The molecule has 0 saturated carbocycles. The molecular weight excluding hydrogens is 604 g/mol. The van der Waals surface area contributed by atoms with Crippen LogP contribution in [0.15, 0.2) is 17.4 Å². The van der Waals surface area contributed by atoms with E-state index in [4.69, 9.17) is 30.2 Å². The minimum absolute atomic E-state index is 0.143. The number of nitrogens with two attached hydrogens (primary N) is 2. The highest BCUT2D eigenvalue weighted by Gasteiger charge is 2.63. The zero-order valence-corrected chi connectivity index (χ0v) is 23.0. The summed E-state index contributed by atoms with van der Waals surface area (Å²) in [6.45, 7) is -5.79. The first-order valence-corrected chi connectivity index (χ1v) is 15.3. The number of fused-ring (bicyclic) bond motifs is 4. The molecule has 3 aliphatic rings. The molecule has 7 heterocycles. The Morgan fingerprint density at radius 2 is 2.07 bits per heavy atom. The van der Waals surface area contributed by atoms with Gasteiger partial charge >= 0.3 is 0 Å². The Labute approximate surface area is 237 Å². The summed E-state index contributed by atoms with van der Waals surface area (Å²) in [5, 5.41) is 28.4. The van der Waals surface area contributed by atoms with Gasteiger partial charge in [0.15, 0.2) is 35.1 Å². The lowest BCUT2D eigenvalue weighted by atomic mass is 10.0. The van der Waals surface area contributed by atoms with Crippen LogP contribution < -0.4 is 17.0 Å². The number of aromatic nitrogens is 9. The first-order valence-electron chi connectivity index (χ1n) is 12.4. The molecule has 3 fully saturated rings. The van der Waals surface area contributed by atoms with Crippen molar-refractivity contribution in [2.45, 2.75) is 48.2 Å². The quantitative estimate of drug-likeness (QED) is 0.0983. The summed E-state index contributed by atoms with van der Waals surface area (Å²) in [6, 6.07) is 0. The molecular formula is C20H23FN11O8PS. The molecule has 0 amide bonds. The molecule has 7 N–H and O–H groups in total. The van der Waals surface area contributed by atoms with Crippen LogP contribution in [-0.2, 0) is 23.3 Å². The molecule has 3 aliphatic heterocycles. The van der Waals surface area contributed by atoms with Gasteiger partial charge in [-0.1, -0.05) is 17.5 Å². The third kappa shape index (κ3) is 3.96. The Morgan fingerprint density at radius 1 is 1.26 bits per heavy atom. The molecule has 224 valence electrons. The van der Waals surface area contributed by atoms with Gasteiger partial charge in [-0.25, -0.2) is 19.3 Å². The Hall–Kier alpha value is -3.30. The van der Waals surface area contributed by atoms with Gasteiger partial charge in [0.05, 0.1) is 26.1 Å². The Kier molecular flexibility index (Phi) is 6.30. The van der Waals surface area contributed by atoms with E-state index in [-0.39, 0.29) is 29.5 Å². The fraction of sp³-hybridized carbons (Fsp3) is 0.550. The second-order valence-electron chi connectivity index (χ2n) is 10.1. The summed E-state index contributed by atoms with van der Waals surface area (Å²) in [4.78, 5) is 30.8. The fourth-order valence-corrected chi connectivity index (χ4v) is 8.05. The first-order chi connectivity index (χ1) is 20.0. The van der Waals surface area contributed by atoms with Crippen molar-refractivity contribution in [2.75, 3.05) is 31.3 Å². The highest BCUT2D eigenvalue weighted by Crippen LogP contribution is 2.65. The lowest BCUT2D eigenvalue weighted by Crippen LogP contribution is -2.45. The summed E-state index contributed by atoms with van der Waals surface area (Å²) in [5.74, 6) is -0.126. The largest absolute Gasteiger partial charge is 0.394 e. The number of nitrogen functional groups attached to an aromatic ring is 2. The van der Waals surface area contributed by atoms with Crippen LogP contribution in [-0.4, -0.2) is 110 Å². The van der Waals surface area contributed by atoms with Gasteiger partial charge in [-0.3, -0.25) is 18.9 Å². The molecule has 3 saturated heterocycles. The predicted octanol–water partition coefficient (Wildman–Crippen LogP) is -1.72. The van der Waals surface area contributed by atoms with E-state index in [9.17, 15) is 19.6 Å². The van der Waals surface area contributed by atoms with Crippen LogP contribution in [0.25, 0.3) is 22.3 Å². The van der Waals surface area contributed by atoms with Crippen LogP contribution in [0.4, 0.5) is 16.2 Å². The highest BCUT2D eigenvalue weighted by molar-refractivity contribution is 8.46. The number of imidazole rings is 1. The Balaban J connectivity index is 1.17. The summed E-state index contributed by atoms with van der Waals surface area (Å²) < 4.78 is 55.4. The van der Waals surface area contributed by atoms with Gasteiger partial charge < -0.3 is 40.4 Å². The molecule has 22 heteroatoms. The molecule has 0 aromatic carbocycles. The summed E-state index contributed by atoms with van der Waals surface area (Å²) in [5.41, 5.74) is 7.87. The molecule has 7 rings (SSSR count). The van der Waals surface area contributed by atoms with Gasteiger partial charge in [-0.15, -0.1) is 5.10 Å². The number of nitrogens with one attached hydrogen (secondary N) is 1. The van der Waals surface area contributed by atoms with Gasteiger partial charge in [-0.05, 0) is 0 Å². The smallest absolute Gasteiger partial charge is 0.282 e. The van der Waals surface area contributed by atoms with Gasteiger partial charge in [-0.2, -0.15) is 9.67 Å². The van der Waals surface area contributed by atoms with E-state index in [1.54, 1.807) is 0 Å². The third-order valence-electron chi connectivity index (χ3n) is 7.60. The predicted molar refractivity (Wildman–Crippen MR) is 141 cm³/mol. The topological polar surface area (TPSA) is 267 Å². The normalized spacial score (nSPS) is 34.0. The van der Waals surface area contributed by atoms with Crippen molar-refractivity contribution in [3.05, 3.63) is 23.0 Å². The number of ether oxygens (including phenoxy) is 3. The van der Waals surface area contributed by atoms with E-state index in [0.717, 1.165) is 4.68 Å². The standard InChI is InChI=1S/C20H23FN11O8PS/c21-7-6(1-33)39-18(32-15-9(29-30-32)16(35)28-19(23)27-15)11(7)41(36,42)38-3-20-2-37-10(12(20)34)17(40-20)31-5-26-8-13(22)24-4-25-14(8)31/h4-7,10-12,17-18,33-34H,1-3H2,(H,36,42)(H2,22,24,25)(H3,23,27,28,35)/t6-,7+,10-,11-,12+,17-,18-,20-,41?/m1/s1. The second kappa shape index (κ2) is 9.61. The van der Waals surface area contributed by atoms with Crippen LogP contribution in [0.3, 0.4) is 0 Å². The van der Waals surface area contributed by atoms with Gasteiger partial charge in [0, 0.05) is 0 Å². The van der Waals surface area contributed by atoms with Crippen LogP contribution in [0, 0.1) is 0 Å². The van der Waals surface area contributed by atoms with Crippen molar-refractivity contribution < 1.29 is 37.9 Å². The zero-order chi connectivity index (χ0) is 29.6. The monoisotopic (exact) mass is 627 g/mol. The second-order valence-corrected chi connectivity index (χ2v) is 13.7. The van der Waals surface area contributed by atoms with Crippen molar-refractivity contribution in [3.63, 3.8) is 0 Å². The number of hydrogen-bond acceptors (Lipinski definition) is 16. The number of H-pyrrole nitrogens is 1. The summed E-state index contributed by atoms with van der Waals surface area (Å²) in [7, 11) is 0. The van der Waals surface area contributed by atoms with Crippen molar-refractivity contribution in [3.8, 4) is 0 Å². The number of thiol groups is 1. The number of aliphatic hydroxyl groups is 2. The molecule has 0 spiro atoms. The van der Waals surface area contributed by atoms with Crippen LogP contribution >= 0.6 is 18.8 Å². The minimum Gasteiger partial charge on any atom is -0.394 e. The average Bonchev–Trinajstić information content (AvgIpc) is 3.75. The summed E-state index contributed by atoms with van der Waals surface area (Å²) >= 11 is 4.21. The van der Waals surface area contributed by atoms with E-state index in [0.29, 0.717) is 11.2 Å². The van der Waals surface area contributed by atoms with Crippen molar-refractivity contribution in [2.24, 2.45) is 0 Å². The van der Waals surface area contributed by atoms with E-state index in [1.807, 2.05) is 0 Å². The van der Waals surface area contributed by atoms with Gasteiger partial charge in [0.2, 0.25) is 5.95 Å². The van der Waals surface area contributed by atoms with Gasteiger partial charge in [0.1, 0.15) is 47.6 Å².